The molecule has 0 bridgehead atoms. The largest absolute Gasteiger partial charge is 0.342 e. The zero-order chi connectivity index (χ0) is 32.6. The Kier molecular flexibility index (Phi) is 7.02. The first-order valence-electron chi connectivity index (χ1n) is 16.1. The highest BCUT2D eigenvalue weighted by atomic mass is 15.0. The number of aromatic amines is 1. The molecule has 0 spiro atoms. The van der Waals surface area contributed by atoms with Crippen LogP contribution < -0.4 is 0 Å². The van der Waals surface area contributed by atoms with Crippen LogP contribution in [0.15, 0.2) is 164 Å². The SMILES string of the molecule is c1ccc(-c2ccc(-c3cc(-c4cc(-c5cccc6cccnc56)cc(-c5cccc6cccnc56)c4)nc(-c4cnc[nH]4)n3)cc2)cc1. The van der Waals surface area contributed by atoms with Gasteiger partial charge in [-0.15, -0.1) is 0 Å². The van der Waals surface area contributed by atoms with Crippen LogP contribution >= 0.6 is 0 Å². The van der Waals surface area contributed by atoms with Crippen molar-refractivity contribution in [2.75, 3.05) is 0 Å². The number of hydrogen-bond acceptors (Lipinski definition) is 5. The molecular weight excluding hydrogens is 601 g/mol. The predicted molar refractivity (Wildman–Crippen MR) is 197 cm³/mol. The smallest absolute Gasteiger partial charge is 0.178 e. The van der Waals surface area contributed by atoms with E-state index in [4.69, 9.17) is 19.9 Å². The number of benzene rings is 5. The molecule has 9 aromatic rings. The van der Waals surface area contributed by atoms with Crippen molar-refractivity contribution >= 4 is 21.8 Å². The van der Waals surface area contributed by atoms with Gasteiger partial charge in [-0.25, -0.2) is 15.0 Å². The Balaban J connectivity index is 1.26. The molecule has 1 N–H and O–H groups in total. The molecule has 0 saturated carbocycles. The van der Waals surface area contributed by atoms with Gasteiger partial charge in [-0.05, 0) is 58.7 Å². The maximum Gasteiger partial charge on any atom is 0.178 e. The van der Waals surface area contributed by atoms with Crippen LogP contribution in [-0.2, 0) is 0 Å². The minimum Gasteiger partial charge on any atom is -0.342 e. The van der Waals surface area contributed by atoms with E-state index < -0.39 is 0 Å². The molecule has 49 heavy (non-hydrogen) atoms. The zero-order valence-electron chi connectivity index (χ0n) is 26.3. The molecule has 0 amide bonds. The van der Waals surface area contributed by atoms with Gasteiger partial charge in [-0.2, -0.15) is 0 Å². The Morgan fingerprint density at radius 3 is 1.59 bits per heavy atom. The van der Waals surface area contributed by atoms with Crippen LogP contribution in [0, 0.1) is 0 Å². The Morgan fingerprint density at radius 2 is 0.980 bits per heavy atom. The lowest BCUT2D eigenvalue weighted by Gasteiger charge is -2.14. The Hall–Kier alpha value is -6.79. The molecule has 0 saturated heterocycles. The summed E-state index contributed by atoms with van der Waals surface area (Å²) in [6.07, 6.45) is 7.11. The second-order valence-corrected chi connectivity index (χ2v) is 11.9. The fourth-order valence-electron chi connectivity index (χ4n) is 6.47. The molecule has 9 rings (SSSR count). The van der Waals surface area contributed by atoms with Gasteiger partial charge in [0.1, 0.15) is 5.69 Å². The van der Waals surface area contributed by atoms with Crippen molar-refractivity contribution in [3.63, 3.8) is 0 Å². The number of imidazole rings is 1. The van der Waals surface area contributed by atoms with Gasteiger partial charge in [0.25, 0.3) is 0 Å². The quantitative estimate of drug-likeness (QED) is 0.198. The predicted octanol–water partition coefficient (Wildman–Crippen LogP) is 10.3. The van der Waals surface area contributed by atoms with Gasteiger partial charge in [-0.3, -0.25) is 9.97 Å². The van der Waals surface area contributed by atoms with Crippen molar-refractivity contribution in [3.05, 3.63) is 164 Å². The van der Waals surface area contributed by atoms with E-state index in [1.807, 2.05) is 30.6 Å². The summed E-state index contributed by atoms with van der Waals surface area (Å²) in [7, 11) is 0. The third kappa shape index (κ3) is 5.41. The minimum absolute atomic E-state index is 0.572. The number of aromatic nitrogens is 6. The number of pyridine rings is 2. The molecule has 0 unspecified atom stereocenters. The Bertz CT molecular complexity index is 2490. The monoisotopic (exact) mass is 628 g/mol. The number of hydrogen-bond donors (Lipinski definition) is 1. The van der Waals surface area contributed by atoms with Gasteiger partial charge < -0.3 is 4.98 Å². The van der Waals surface area contributed by atoms with Crippen LogP contribution in [0.25, 0.3) is 89.2 Å². The third-order valence-electron chi connectivity index (χ3n) is 8.87. The molecule has 6 heteroatoms. The van der Waals surface area contributed by atoms with Gasteiger partial charge in [0.2, 0.25) is 0 Å². The molecule has 6 nitrogen and oxygen atoms in total. The summed E-state index contributed by atoms with van der Waals surface area (Å²) in [5, 5.41) is 2.17. The van der Waals surface area contributed by atoms with Crippen LogP contribution in [0.5, 0.6) is 0 Å². The summed E-state index contributed by atoms with van der Waals surface area (Å²) in [6, 6.07) is 48.4. The van der Waals surface area contributed by atoms with Gasteiger partial charge >= 0.3 is 0 Å². The summed E-state index contributed by atoms with van der Waals surface area (Å²) in [6.45, 7) is 0. The number of fused-ring (bicyclic) bond motifs is 2. The summed E-state index contributed by atoms with van der Waals surface area (Å²) < 4.78 is 0. The van der Waals surface area contributed by atoms with Crippen molar-refractivity contribution in [2.45, 2.75) is 0 Å². The van der Waals surface area contributed by atoms with Crippen molar-refractivity contribution in [2.24, 2.45) is 0 Å². The van der Waals surface area contributed by atoms with E-state index in [-0.39, 0.29) is 0 Å². The summed E-state index contributed by atoms with van der Waals surface area (Å²) in [4.78, 5) is 27.2. The highest BCUT2D eigenvalue weighted by molar-refractivity contribution is 5.98. The standard InChI is InChI=1S/C43H28N6/c1-2-8-28(9-3-1)29-16-18-30(19-17-29)38-25-39(49-43(48-38)40-26-44-27-47-40)35-23-33(36-14-4-10-31-12-6-20-45-41(31)36)22-34(24-35)37-15-5-11-32-13-7-21-46-42(32)37/h1-27H,(H,44,47). The molecule has 0 aliphatic rings. The Morgan fingerprint density at radius 1 is 0.429 bits per heavy atom. The van der Waals surface area contributed by atoms with E-state index in [1.165, 1.54) is 5.56 Å². The number of H-pyrrole nitrogens is 1. The van der Waals surface area contributed by atoms with Crippen molar-refractivity contribution < 1.29 is 0 Å². The normalized spacial score (nSPS) is 11.3. The second kappa shape index (κ2) is 12.1. The van der Waals surface area contributed by atoms with Crippen LogP contribution in [-0.4, -0.2) is 29.9 Å². The lowest BCUT2D eigenvalue weighted by atomic mass is 9.92. The molecular formula is C43H28N6. The average molecular weight is 629 g/mol. The molecule has 0 fully saturated rings. The Labute approximate surface area is 282 Å². The first-order chi connectivity index (χ1) is 24.3. The highest BCUT2D eigenvalue weighted by Crippen LogP contribution is 2.38. The highest BCUT2D eigenvalue weighted by Gasteiger charge is 2.16. The van der Waals surface area contributed by atoms with Crippen molar-refractivity contribution in [1.29, 1.82) is 0 Å². The molecule has 5 aromatic carbocycles. The summed E-state index contributed by atoms with van der Waals surface area (Å²) in [5.41, 5.74) is 12.7. The second-order valence-electron chi connectivity index (χ2n) is 11.9. The van der Waals surface area contributed by atoms with E-state index in [0.29, 0.717) is 5.82 Å². The van der Waals surface area contributed by atoms with E-state index in [2.05, 4.69) is 131 Å². The van der Waals surface area contributed by atoms with Gasteiger partial charge in [0, 0.05) is 45.4 Å². The zero-order valence-corrected chi connectivity index (χ0v) is 26.3. The van der Waals surface area contributed by atoms with Gasteiger partial charge in [-0.1, -0.05) is 103 Å². The molecule has 230 valence electrons. The third-order valence-corrected chi connectivity index (χ3v) is 8.87. The lowest BCUT2D eigenvalue weighted by molar-refractivity contribution is 1.16. The maximum atomic E-state index is 5.12. The fourth-order valence-corrected chi connectivity index (χ4v) is 6.47. The topological polar surface area (TPSA) is 80.2 Å². The lowest BCUT2D eigenvalue weighted by Crippen LogP contribution is -1.97. The summed E-state index contributed by atoms with van der Waals surface area (Å²) >= 11 is 0. The van der Waals surface area contributed by atoms with Crippen molar-refractivity contribution in [3.8, 4) is 67.4 Å². The number of para-hydroxylation sites is 2. The van der Waals surface area contributed by atoms with E-state index in [9.17, 15) is 0 Å². The fraction of sp³-hybridized carbons (Fsp3) is 0. The van der Waals surface area contributed by atoms with E-state index in [0.717, 1.165) is 77.8 Å². The minimum atomic E-state index is 0.572. The maximum absolute atomic E-state index is 5.12. The van der Waals surface area contributed by atoms with Crippen LogP contribution in [0.2, 0.25) is 0 Å². The molecule has 0 aliphatic carbocycles. The molecule has 4 aromatic heterocycles. The number of nitrogens with zero attached hydrogens (tertiary/aromatic N) is 5. The van der Waals surface area contributed by atoms with Crippen molar-refractivity contribution in [1.82, 2.24) is 29.9 Å². The molecule has 0 radical (unpaired) electrons. The number of nitrogens with one attached hydrogen (secondary N) is 1. The van der Waals surface area contributed by atoms with E-state index >= 15 is 0 Å². The summed E-state index contributed by atoms with van der Waals surface area (Å²) in [5.74, 6) is 0.572. The van der Waals surface area contributed by atoms with Crippen LogP contribution in [0.1, 0.15) is 0 Å². The van der Waals surface area contributed by atoms with E-state index in [1.54, 1.807) is 12.5 Å². The average Bonchev–Trinajstić information content (AvgIpc) is 3.73. The first kappa shape index (κ1) is 28.4. The van der Waals surface area contributed by atoms with Crippen LogP contribution in [0.3, 0.4) is 0 Å². The molecule has 4 heterocycles. The number of rotatable bonds is 6. The first-order valence-corrected chi connectivity index (χ1v) is 16.1. The van der Waals surface area contributed by atoms with Crippen LogP contribution in [0.4, 0.5) is 0 Å². The van der Waals surface area contributed by atoms with Gasteiger partial charge in [0.05, 0.1) is 34.9 Å². The molecule has 0 aliphatic heterocycles. The van der Waals surface area contributed by atoms with Gasteiger partial charge in [0.15, 0.2) is 5.82 Å². The molecule has 0 atom stereocenters.